The summed E-state index contributed by atoms with van der Waals surface area (Å²) in [5.74, 6) is -0.356. The first-order valence-corrected chi connectivity index (χ1v) is 20.6. The molecule has 0 spiro atoms. The number of halogens is 3. The number of carbonyl (C=O) groups is 3. The molecule has 4 heterocycles. The maximum atomic E-state index is 13.1. The van der Waals surface area contributed by atoms with Crippen molar-refractivity contribution >= 4 is 40.4 Å². The second-order valence-corrected chi connectivity index (χ2v) is 15.0. The number of imidazole rings is 1. The predicted octanol–water partition coefficient (Wildman–Crippen LogP) is 8.07. The number of imide groups is 1. The maximum absolute atomic E-state index is 13.1. The highest BCUT2D eigenvalue weighted by molar-refractivity contribution is 6.21. The number of benzene rings is 3. The molecule has 1 aliphatic carbocycles. The summed E-state index contributed by atoms with van der Waals surface area (Å²) in [6, 6.07) is 15.8. The normalized spacial score (nSPS) is 17.7. The number of aliphatic hydroxyl groups excluding tert-OH is 1. The van der Waals surface area contributed by atoms with E-state index in [2.05, 4.69) is 30.0 Å². The summed E-state index contributed by atoms with van der Waals surface area (Å²) in [5.41, 5.74) is 3.50. The molecule has 0 radical (unpaired) electrons. The van der Waals surface area contributed by atoms with E-state index in [1.165, 1.54) is 62.6 Å². The largest absolute Gasteiger partial charge is 0.416 e. The van der Waals surface area contributed by atoms with Crippen molar-refractivity contribution in [3.05, 3.63) is 88.5 Å². The molecule has 3 aromatic carbocycles. The lowest BCUT2D eigenvalue weighted by Crippen LogP contribution is -2.48. The number of rotatable bonds is 7. The van der Waals surface area contributed by atoms with Crippen LogP contribution in [-0.2, 0) is 12.7 Å². The highest BCUT2D eigenvalue weighted by Crippen LogP contribution is 2.31. The number of anilines is 2. The number of amides is 3. The second-order valence-electron chi connectivity index (χ2n) is 15.0. The number of aromatic amines is 1. The zero-order chi connectivity index (χ0) is 41.8. The Bertz CT molecular complexity index is 1970. The van der Waals surface area contributed by atoms with E-state index in [0.29, 0.717) is 22.6 Å². The van der Waals surface area contributed by atoms with Gasteiger partial charge in [-0.15, -0.1) is 0 Å². The van der Waals surface area contributed by atoms with Gasteiger partial charge in [0, 0.05) is 77.8 Å². The number of hydrogen-bond donors (Lipinski definition) is 3. The minimum Gasteiger partial charge on any atom is -0.400 e. The Labute approximate surface area is 339 Å². The molecular formula is C44H58F3N7O4. The van der Waals surface area contributed by atoms with Gasteiger partial charge in [0.25, 0.3) is 17.7 Å². The SMILES string of the molecule is C1CCCCC1.CC.CN1C(=O)c2ccc(N3CCC(CN4CCN(Cc5ccc6nc(NC(=O)c7cccc(C(F)(F)F)c7)[nH]c6c5)CC4)CC3)cc2C1=O.CO. The summed E-state index contributed by atoms with van der Waals surface area (Å²) in [7, 11) is 2.52. The van der Waals surface area contributed by atoms with Crippen LogP contribution in [0.25, 0.3) is 11.0 Å². The van der Waals surface area contributed by atoms with Gasteiger partial charge >= 0.3 is 6.18 Å². The molecule has 2 saturated heterocycles. The third kappa shape index (κ3) is 11.2. The van der Waals surface area contributed by atoms with E-state index in [-0.39, 0.29) is 23.3 Å². The molecule has 3 N–H and O–H groups in total. The Morgan fingerprint density at radius 1 is 0.810 bits per heavy atom. The van der Waals surface area contributed by atoms with E-state index in [9.17, 15) is 27.6 Å². The smallest absolute Gasteiger partial charge is 0.400 e. The van der Waals surface area contributed by atoms with Crippen molar-refractivity contribution in [2.75, 3.05) is 70.2 Å². The summed E-state index contributed by atoms with van der Waals surface area (Å²) < 4.78 is 39.2. The molecule has 4 aromatic rings. The number of piperazine rings is 1. The fourth-order valence-corrected chi connectivity index (χ4v) is 7.96. The van der Waals surface area contributed by atoms with E-state index in [1.807, 2.05) is 44.2 Å². The zero-order valence-electron chi connectivity index (χ0n) is 34.2. The molecule has 3 aliphatic heterocycles. The van der Waals surface area contributed by atoms with Crippen LogP contribution in [0.2, 0.25) is 0 Å². The average Bonchev–Trinajstić information content (AvgIpc) is 3.76. The number of H-pyrrole nitrogens is 1. The fourth-order valence-electron chi connectivity index (χ4n) is 7.96. The van der Waals surface area contributed by atoms with E-state index >= 15 is 0 Å². The Kier molecular flexibility index (Phi) is 15.9. The molecule has 3 fully saturated rings. The van der Waals surface area contributed by atoms with Crippen LogP contribution in [0.15, 0.2) is 60.7 Å². The molecule has 4 aliphatic rings. The molecule has 14 heteroatoms. The van der Waals surface area contributed by atoms with Crippen molar-refractivity contribution < 1.29 is 32.7 Å². The molecule has 0 unspecified atom stereocenters. The Balaban J connectivity index is 0.000000574. The van der Waals surface area contributed by atoms with Gasteiger partial charge < -0.3 is 19.9 Å². The Morgan fingerprint density at radius 3 is 2.07 bits per heavy atom. The van der Waals surface area contributed by atoms with Crippen molar-refractivity contribution in [1.29, 1.82) is 0 Å². The summed E-state index contributed by atoms with van der Waals surface area (Å²) in [5, 5.41) is 9.57. The summed E-state index contributed by atoms with van der Waals surface area (Å²) >= 11 is 0. The van der Waals surface area contributed by atoms with Crippen molar-refractivity contribution in [2.24, 2.45) is 5.92 Å². The quantitative estimate of drug-likeness (QED) is 0.160. The minimum absolute atomic E-state index is 0.0999. The third-order valence-corrected chi connectivity index (χ3v) is 11.2. The van der Waals surface area contributed by atoms with E-state index in [0.717, 1.165) is 101 Å². The van der Waals surface area contributed by atoms with Crippen LogP contribution < -0.4 is 10.2 Å². The molecule has 314 valence electrons. The lowest BCUT2D eigenvalue weighted by Gasteiger charge is -2.39. The first-order valence-electron chi connectivity index (χ1n) is 20.6. The summed E-state index contributed by atoms with van der Waals surface area (Å²) in [6.07, 6.45) is 6.63. The molecule has 11 nitrogen and oxygen atoms in total. The van der Waals surface area contributed by atoms with Gasteiger partial charge in [-0.25, -0.2) is 4.98 Å². The van der Waals surface area contributed by atoms with Crippen LogP contribution in [0.1, 0.15) is 107 Å². The molecule has 3 amide bonds. The predicted molar refractivity (Wildman–Crippen MR) is 222 cm³/mol. The molecule has 58 heavy (non-hydrogen) atoms. The van der Waals surface area contributed by atoms with Gasteiger partial charge in [0.1, 0.15) is 0 Å². The van der Waals surface area contributed by atoms with Crippen LogP contribution in [0.4, 0.5) is 24.8 Å². The number of nitrogens with zero attached hydrogens (tertiary/aromatic N) is 5. The van der Waals surface area contributed by atoms with Crippen molar-refractivity contribution in [2.45, 2.75) is 77.9 Å². The highest BCUT2D eigenvalue weighted by atomic mass is 19.4. The Hall–Kier alpha value is -4.79. The molecular weight excluding hydrogens is 748 g/mol. The molecule has 1 saturated carbocycles. The van der Waals surface area contributed by atoms with Gasteiger partial charge in [-0.1, -0.05) is 64.5 Å². The first-order chi connectivity index (χ1) is 28.0. The van der Waals surface area contributed by atoms with Crippen LogP contribution >= 0.6 is 0 Å². The minimum atomic E-state index is -4.53. The van der Waals surface area contributed by atoms with E-state index in [1.54, 1.807) is 6.07 Å². The number of nitrogens with one attached hydrogen (secondary N) is 2. The highest BCUT2D eigenvalue weighted by Gasteiger charge is 2.34. The van der Waals surface area contributed by atoms with Crippen molar-refractivity contribution in [3.8, 4) is 0 Å². The summed E-state index contributed by atoms with van der Waals surface area (Å²) in [4.78, 5) is 53.2. The standard InChI is InChI=1S/C35H36F3N7O3.C6H12.C2H6.CH4O/c1-42-32(47)27-7-6-26(19-28(27)33(42)48)45-11-9-22(10-12-45)20-43-13-15-44(16-14-43)21-23-5-8-29-30(17-23)40-34(39-29)41-31(46)24-3-2-4-25(18-24)35(36,37)38;1-2-4-6-5-3-1;2*1-2/h2-8,17-19,22H,9-16,20-21H2,1H3,(H2,39,40,41,46);1-6H2;1-2H3;2H,1H3. The molecule has 0 bridgehead atoms. The number of fused-ring (bicyclic) bond motifs is 2. The fraction of sp³-hybridized carbons (Fsp3) is 0.500. The molecule has 1 aromatic heterocycles. The third-order valence-electron chi connectivity index (χ3n) is 11.2. The van der Waals surface area contributed by atoms with Crippen LogP contribution in [0.3, 0.4) is 0 Å². The Morgan fingerprint density at radius 2 is 1.43 bits per heavy atom. The number of alkyl halides is 3. The van der Waals surface area contributed by atoms with E-state index < -0.39 is 17.6 Å². The van der Waals surface area contributed by atoms with Gasteiger partial charge in [0.2, 0.25) is 5.95 Å². The van der Waals surface area contributed by atoms with Gasteiger partial charge in [-0.3, -0.25) is 29.5 Å². The summed E-state index contributed by atoms with van der Waals surface area (Å²) in [6.45, 7) is 11.6. The number of piperidine rings is 1. The number of carbonyl (C=O) groups excluding carboxylic acids is 3. The molecule has 8 rings (SSSR count). The van der Waals surface area contributed by atoms with Gasteiger partial charge in [0.05, 0.1) is 27.7 Å². The lowest BCUT2D eigenvalue weighted by molar-refractivity contribution is -0.137. The second kappa shape index (κ2) is 20.8. The van der Waals surface area contributed by atoms with Crippen LogP contribution in [0, 0.1) is 5.92 Å². The maximum Gasteiger partial charge on any atom is 0.416 e. The van der Waals surface area contributed by atoms with Crippen LogP contribution in [0.5, 0.6) is 0 Å². The first kappa shape index (κ1) is 44.3. The topological polar surface area (TPSA) is 125 Å². The van der Waals surface area contributed by atoms with Crippen molar-refractivity contribution in [3.63, 3.8) is 0 Å². The monoisotopic (exact) mass is 805 g/mol. The van der Waals surface area contributed by atoms with Gasteiger partial charge in [0.15, 0.2) is 0 Å². The zero-order valence-corrected chi connectivity index (χ0v) is 34.2. The van der Waals surface area contributed by atoms with E-state index in [4.69, 9.17) is 5.11 Å². The average molecular weight is 806 g/mol. The van der Waals surface area contributed by atoms with Crippen molar-refractivity contribution in [1.82, 2.24) is 24.7 Å². The van der Waals surface area contributed by atoms with Gasteiger partial charge in [-0.05, 0) is 72.9 Å². The van der Waals surface area contributed by atoms with Gasteiger partial charge in [-0.2, -0.15) is 13.2 Å². The molecule has 0 atom stereocenters. The number of aliphatic hydroxyl groups is 1. The lowest BCUT2D eigenvalue weighted by atomic mass is 9.95. The van der Waals surface area contributed by atoms with Crippen LogP contribution in [-0.4, -0.2) is 107 Å². The number of hydrogen-bond acceptors (Lipinski definition) is 8. The number of aromatic nitrogens is 2.